The molecule has 9 rings (SSSR count). The normalized spacial score (nSPS) is 11.5. The minimum Gasteiger partial charge on any atom is -0.264 e. The molecule has 0 spiro atoms. The summed E-state index contributed by atoms with van der Waals surface area (Å²) in [5.74, 6) is 0. The van der Waals surface area contributed by atoms with Crippen molar-refractivity contribution in [1.29, 1.82) is 0 Å². The fourth-order valence-corrected chi connectivity index (χ4v) is 6.23. The van der Waals surface area contributed by atoms with E-state index in [-0.39, 0.29) is 0 Å². The molecule has 0 aliphatic rings. The Hall–Kier alpha value is -6.33. The van der Waals surface area contributed by atoms with Gasteiger partial charge in [-0.15, -0.1) is 0 Å². The third kappa shape index (κ3) is 4.45. The molecule has 4 heterocycles. The quantitative estimate of drug-likeness (QED) is 0.192. The van der Waals surface area contributed by atoms with Crippen LogP contribution in [0.25, 0.3) is 88.6 Å². The third-order valence-electron chi connectivity index (χ3n) is 8.53. The molecule has 0 unspecified atom stereocenters. The average Bonchev–Trinajstić information content (AvgIpc) is 3.14. The van der Waals surface area contributed by atoms with Gasteiger partial charge in [-0.1, -0.05) is 97.1 Å². The molecule has 214 valence electrons. The second-order valence-corrected chi connectivity index (χ2v) is 11.4. The second kappa shape index (κ2) is 10.7. The van der Waals surface area contributed by atoms with Crippen LogP contribution in [0.15, 0.2) is 152 Å². The lowest BCUT2D eigenvalue weighted by Gasteiger charge is -2.13. The Labute approximate surface area is 264 Å². The monoisotopic (exact) mass is 587 g/mol. The van der Waals surface area contributed by atoms with Crippen LogP contribution in [0.4, 0.5) is 0 Å². The van der Waals surface area contributed by atoms with Crippen LogP contribution >= 0.6 is 0 Å². The van der Waals surface area contributed by atoms with E-state index in [1.165, 1.54) is 0 Å². The highest BCUT2D eigenvalue weighted by molar-refractivity contribution is 6.05. The van der Waals surface area contributed by atoms with Crippen LogP contribution in [-0.2, 0) is 0 Å². The van der Waals surface area contributed by atoms with E-state index >= 15 is 0 Å². The molecule has 5 heteroatoms. The smallest absolute Gasteiger partial charge is 0.0973 e. The van der Waals surface area contributed by atoms with Crippen molar-refractivity contribution in [3.63, 3.8) is 0 Å². The molecule has 0 aliphatic heterocycles. The molecule has 0 saturated carbocycles. The maximum Gasteiger partial charge on any atom is 0.0973 e. The number of para-hydroxylation sites is 2. The Morgan fingerprint density at radius 1 is 0.391 bits per heavy atom. The van der Waals surface area contributed by atoms with Gasteiger partial charge < -0.3 is 0 Å². The van der Waals surface area contributed by atoms with Gasteiger partial charge in [-0.3, -0.25) is 4.98 Å². The van der Waals surface area contributed by atoms with E-state index < -0.39 is 0 Å². The zero-order chi connectivity index (χ0) is 30.5. The summed E-state index contributed by atoms with van der Waals surface area (Å²) in [6.07, 6.45) is 3.62. The fourth-order valence-electron chi connectivity index (χ4n) is 6.23. The van der Waals surface area contributed by atoms with E-state index in [4.69, 9.17) is 19.9 Å². The summed E-state index contributed by atoms with van der Waals surface area (Å²) in [6.45, 7) is 0. The van der Waals surface area contributed by atoms with E-state index in [0.717, 1.165) is 88.6 Å². The molecular weight excluding hydrogens is 562 g/mol. The van der Waals surface area contributed by atoms with Gasteiger partial charge in [0.25, 0.3) is 0 Å². The highest BCUT2D eigenvalue weighted by Gasteiger charge is 2.16. The molecule has 5 nitrogen and oxygen atoms in total. The zero-order valence-electron chi connectivity index (χ0n) is 24.7. The zero-order valence-corrected chi connectivity index (χ0v) is 24.7. The molecule has 9 aromatic rings. The minimum atomic E-state index is 0.853. The Morgan fingerprint density at radius 3 is 1.76 bits per heavy atom. The molecule has 46 heavy (non-hydrogen) atoms. The van der Waals surface area contributed by atoms with Crippen LogP contribution in [-0.4, -0.2) is 24.9 Å². The first-order valence-electron chi connectivity index (χ1n) is 15.3. The number of aromatic nitrogens is 5. The maximum atomic E-state index is 5.26. The van der Waals surface area contributed by atoms with Crippen LogP contribution in [0, 0.1) is 0 Å². The van der Waals surface area contributed by atoms with Gasteiger partial charge in [0.05, 0.1) is 44.8 Å². The van der Waals surface area contributed by atoms with Crippen LogP contribution in [0.2, 0.25) is 0 Å². The lowest BCUT2D eigenvalue weighted by molar-refractivity contribution is 1.29. The predicted octanol–water partition coefficient (Wildman–Crippen LogP) is 9.94. The van der Waals surface area contributed by atoms with E-state index in [1.54, 1.807) is 6.20 Å². The summed E-state index contributed by atoms with van der Waals surface area (Å²) in [7, 11) is 0. The van der Waals surface area contributed by atoms with Crippen molar-refractivity contribution in [2.24, 2.45) is 0 Å². The van der Waals surface area contributed by atoms with Crippen molar-refractivity contribution < 1.29 is 0 Å². The van der Waals surface area contributed by atoms with E-state index in [9.17, 15) is 0 Å². The van der Waals surface area contributed by atoms with Crippen LogP contribution < -0.4 is 0 Å². The average molecular weight is 588 g/mol. The van der Waals surface area contributed by atoms with Crippen LogP contribution in [0.5, 0.6) is 0 Å². The van der Waals surface area contributed by atoms with Crippen LogP contribution in [0.1, 0.15) is 0 Å². The lowest BCUT2D eigenvalue weighted by Crippen LogP contribution is -1.96. The molecule has 0 aliphatic carbocycles. The van der Waals surface area contributed by atoms with Gasteiger partial charge in [0.2, 0.25) is 0 Å². The summed E-state index contributed by atoms with van der Waals surface area (Å²) >= 11 is 0. The number of hydrogen-bond donors (Lipinski definition) is 0. The van der Waals surface area contributed by atoms with Gasteiger partial charge in [0, 0.05) is 45.4 Å². The number of pyridine rings is 3. The molecule has 0 N–H and O–H groups in total. The summed E-state index contributed by atoms with van der Waals surface area (Å²) in [6, 6.07) is 47.8. The maximum absolute atomic E-state index is 5.26. The first kappa shape index (κ1) is 26.1. The third-order valence-corrected chi connectivity index (χ3v) is 8.53. The second-order valence-electron chi connectivity index (χ2n) is 11.4. The number of fused-ring (bicyclic) bond motifs is 5. The van der Waals surface area contributed by atoms with E-state index in [1.807, 2.05) is 66.9 Å². The SMILES string of the molecule is c1ccc(-c2nc3ccccc3nc2-c2ccc3cccc(-c4ccc5ccc6ccc(-c7cccnc7)nc6c5n4)c3c2)cc1. The highest BCUT2D eigenvalue weighted by Crippen LogP contribution is 2.36. The van der Waals surface area contributed by atoms with Gasteiger partial charge in [-0.05, 0) is 53.2 Å². The fraction of sp³-hybridized carbons (Fsp3) is 0. The number of nitrogens with zero attached hydrogens (tertiary/aromatic N) is 5. The van der Waals surface area contributed by atoms with E-state index in [2.05, 4.69) is 83.8 Å². The van der Waals surface area contributed by atoms with Crippen molar-refractivity contribution in [3.05, 3.63) is 152 Å². The number of benzene rings is 5. The topological polar surface area (TPSA) is 64.5 Å². The summed E-state index contributed by atoms with van der Waals surface area (Å²) < 4.78 is 0. The van der Waals surface area contributed by atoms with Gasteiger partial charge >= 0.3 is 0 Å². The Kier molecular flexibility index (Phi) is 6.06. The van der Waals surface area contributed by atoms with Gasteiger partial charge in [-0.2, -0.15) is 0 Å². The largest absolute Gasteiger partial charge is 0.264 e. The van der Waals surface area contributed by atoms with Crippen molar-refractivity contribution in [2.45, 2.75) is 0 Å². The van der Waals surface area contributed by atoms with Gasteiger partial charge in [-0.25, -0.2) is 19.9 Å². The standard InChI is InChI=1S/C41H25N5/c1-2-8-27(9-3-1)38-41(46-37-14-5-4-13-36(37)45-38)30-18-15-26-10-6-12-32(33(26)24-30)35-22-20-29-17-16-28-19-21-34(31-11-7-23-42-25-31)43-39(28)40(29)44-35/h1-25H. The molecule has 0 fully saturated rings. The molecular formula is C41H25N5. The highest BCUT2D eigenvalue weighted by atomic mass is 14.8. The minimum absolute atomic E-state index is 0.853. The van der Waals surface area contributed by atoms with Gasteiger partial charge in [0.1, 0.15) is 0 Å². The Balaban J connectivity index is 1.24. The molecule has 0 amide bonds. The molecule has 0 radical (unpaired) electrons. The molecule has 0 atom stereocenters. The summed E-state index contributed by atoms with van der Waals surface area (Å²) in [5.41, 5.74) is 11.0. The van der Waals surface area contributed by atoms with Crippen molar-refractivity contribution in [1.82, 2.24) is 24.9 Å². The lowest BCUT2D eigenvalue weighted by atomic mass is 9.96. The first-order valence-corrected chi connectivity index (χ1v) is 15.3. The van der Waals surface area contributed by atoms with Crippen molar-refractivity contribution in [2.75, 3.05) is 0 Å². The predicted molar refractivity (Wildman–Crippen MR) is 187 cm³/mol. The van der Waals surface area contributed by atoms with Crippen molar-refractivity contribution in [3.8, 4) is 45.0 Å². The molecule has 0 bridgehead atoms. The van der Waals surface area contributed by atoms with Crippen molar-refractivity contribution >= 4 is 43.6 Å². The first-order chi connectivity index (χ1) is 22.8. The van der Waals surface area contributed by atoms with Crippen LogP contribution in [0.3, 0.4) is 0 Å². The Morgan fingerprint density at radius 2 is 1.02 bits per heavy atom. The molecule has 5 aromatic carbocycles. The summed E-state index contributed by atoms with van der Waals surface area (Å²) in [5, 5.41) is 4.33. The molecule has 4 aromatic heterocycles. The number of rotatable bonds is 4. The Bertz CT molecular complexity index is 2580. The molecule has 0 saturated heterocycles. The van der Waals surface area contributed by atoms with Gasteiger partial charge in [0.15, 0.2) is 0 Å². The number of hydrogen-bond acceptors (Lipinski definition) is 5. The van der Waals surface area contributed by atoms with E-state index in [0.29, 0.717) is 0 Å². The summed E-state index contributed by atoms with van der Waals surface area (Å²) in [4.78, 5) is 24.9.